The average Bonchev–Trinajstić information content (AvgIpc) is 2.45. The van der Waals surface area contributed by atoms with Crippen LogP contribution in [-0.2, 0) is 9.47 Å². The van der Waals surface area contributed by atoms with Gasteiger partial charge in [-0.2, -0.15) is 0 Å². The van der Waals surface area contributed by atoms with Crippen molar-refractivity contribution in [3.8, 4) is 5.75 Å². The van der Waals surface area contributed by atoms with Gasteiger partial charge in [-0.05, 0) is 18.9 Å². The van der Waals surface area contributed by atoms with Crippen LogP contribution in [0, 0.1) is 0 Å². The van der Waals surface area contributed by atoms with E-state index in [1.54, 1.807) is 7.11 Å². The van der Waals surface area contributed by atoms with E-state index in [0.717, 1.165) is 37.4 Å². The molecular formula is C14H21NO3. The molecule has 1 saturated heterocycles. The lowest BCUT2D eigenvalue weighted by Gasteiger charge is -2.24. The maximum Gasteiger partial charge on any atom is 0.123 e. The van der Waals surface area contributed by atoms with Crippen molar-refractivity contribution in [1.29, 1.82) is 0 Å². The van der Waals surface area contributed by atoms with Gasteiger partial charge in [0.2, 0.25) is 0 Å². The lowest BCUT2D eigenvalue weighted by atomic mass is 10.1. The van der Waals surface area contributed by atoms with E-state index in [0.29, 0.717) is 6.61 Å². The van der Waals surface area contributed by atoms with Gasteiger partial charge in [0.05, 0.1) is 25.9 Å². The molecule has 0 radical (unpaired) electrons. The van der Waals surface area contributed by atoms with Crippen molar-refractivity contribution in [3.05, 3.63) is 29.8 Å². The molecule has 18 heavy (non-hydrogen) atoms. The zero-order valence-electron chi connectivity index (χ0n) is 10.8. The second-order valence-electron chi connectivity index (χ2n) is 4.49. The summed E-state index contributed by atoms with van der Waals surface area (Å²) in [5.74, 6) is 0.820. The Bertz CT molecular complexity index is 364. The maximum atomic E-state index is 6.15. The first-order valence-corrected chi connectivity index (χ1v) is 6.39. The molecule has 1 fully saturated rings. The van der Waals surface area contributed by atoms with Crippen molar-refractivity contribution >= 4 is 0 Å². The van der Waals surface area contributed by atoms with E-state index in [1.165, 1.54) is 0 Å². The molecule has 1 unspecified atom stereocenters. The highest BCUT2D eigenvalue weighted by molar-refractivity contribution is 5.35. The van der Waals surface area contributed by atoms with Gasteiger partial charge in [0.25, 0.3) is 0 Å². The first-order valence-electron chi connectivity index (χ1n) is 6.39. The van der Waals surface area contributed by atoms with Gasteiger partial charge in [-0.3, -0.25) is 0 Å². The smallest absolute Gasteiger partial charge is 0.123 e. The molecule has 0 bridgehead atoms. The Kier molecular flexibility index (Phi) is 4.99. The minimum absolute atomic E-state index is 0.149. The highest BCUT2D eigenvalue weighted by Gasteiger charge is 2.17. The molecule has 100 valence electrons. The Morgan fingerprint density at radius 2 is 2.06 bits per heavy atom. The molecule has 1 aliphatic heterocycles. The third-order valence-corrected chi connectivity index (χ3v) is 3.22. The summed E-state index contributed by atoms with van der Waals surface area (Å²) in [4.78, 5) is 0. The molecule has 1 aromatic carbocycles. The van der Waals surface area contributed by atoms with Crippen LogP contribution in [0.4, 0.5) is 0 Å². The summed E-state index contributed by atoms with van der Waals surface area (Å²) in [5, 5.41) is 0. The Balaban J connectivity index is 1.88. The molecule has 4 heteroatoms. The molecule has 0 spiro atoms. The Labute approximate surface area is 108 Å². The molecule has 1 aliphatic rings. The topological polar surface area (TPSA) is 53.7 Å². The van der Waals surface area contributed by atoms with E-state index in [4.69, 9.17) is 19.9 Å². The van der Waals surface area contributed by atoms with Crippen LogP contribution < -0.4 is 10.5 Å². The summed E-state index contributed by atoms with van der Waals surface area (Å²) < 4.78 is 16.4. The predicted octanol–water partition coefficient (Wildman–Crippen LogP) is 1.89. The van der Waals surface area contributed by atoms with Crippen LogP contribution in [0.3, 0.4) is 0 Å². The molecule has 0 aromatic heterocycles. The number of nitrogens with two attached hydrogens (primary N) is 1. The van der Waals surface area contributed by atoms with Crippen molar-refractivity contribution in [2.24, 2.45) is 5.73 Å². The summed E-state index contributed by atoms with van der Waals surface area (Å²) in [6.07, 6.45) is 2.19. The number of hydrogen-bond acceptors (Lipinski definition) is 4. The Morgan fingerprint density at radius 3 is 2.78 bits per heavy atom. The number of rotatable bonds is 5. The highest BCUT2D eigenvalue weighted by atomic mass is 16.5. The largest absolute Gasteiger partial charge is 0.496 e. The third-order valence-electron chi connectivity index (χ3n) is 3.22. The molecule has 1 atom stereocenters. The van der Waals surface area contributed by atoms with E-state index in [-0.39, 0.29) is 12.1 Å². The van der Waals surface area contributed by atoms with Crippen LogP contribution in [-0.4, -0.2) is 33.0 Å². The molecule has 0 saturated carbocycles. The first kappa shape index (κ1) is 13.3. The second-order valence-corrected chi connectivity index (χ2v) is 4.49. The Hall–Kier alpha value is -1.10. The van der Waals surface area contributed by atoms with E-state index >= 15 is 0 Å². The van der Waals surface area contributed by atoms with E-state index in [2.05, 4.69) is 0 Å². The maximum absolute atomic E-state index is 6.15. The van der Waals surface area contributed by atoms with Gasteiger partial charge in [0.15, 0.2) is 0 Å². The van der Waals surface area contributed by atoms with E-state index in [1.807, 2.05) is 24.3 Å². The van der Waals surface area contributed by atoms with E-state index < -0.39 is 0 Å². The first-order chi connectivity index (χ1) is 8.81. The molecule has 0 amide bonds. The minimum atomic E-state index is -0.149. The van der Waals surface area contributed by atoms with Crippen LogP contribution in [0.25, 0.3) is 0 Å². The van der Waals surface area contributed by atoms with Gasteiger partial charge < -0.3 is 19.9 Å². The zero-order chi connectivity index (χ0) is 12.8. The molecular weight excluding hydrogens is 230 g/mol. The molecule has 1 aromatic rings. The fraction of sp³-hybridized carbons (Fsp3) is 0.571. The van der Waals surface area contributed by atoms with Gasteiger partial charge in [-0.1, -0.05) is 18.2 Å². The summed E-state index contributed by atoms with van der Waals surface area (Å²) in [7, 11) is 1.66. The number of methoxy groups -OCH3 is 1. The summed E-state index contributed by atoms with van der Waals surface area (Å²) in [6, 6.07) is 7.66. The van der Waals surface area contributed by atoms with Crippen molar-refractivity contribution in [1.82, 2.24) is 0 Å². The lowest BCUT2D eigenvalue weighted by molar-refractivity contribution is -0.0359. The molecule has 0 aliphatic carbocycles. The monoisotopic (exact) mass is 251 g/mol. The molecule has 2 rings (SSSR count). The van der Waals surface area contributed by atoms with Gasteiger partial charge in [0, 0.05) is 18.8 Å². The number of para-hydroxylation sites is 1. The fourth-order valence-electron chi connectivity index (χ4n) is 2.14. The highest BCUT2D eigenvalue weighted by Crippen LogP contribution is 2.24. The molecule has 1 heterocycles. The van der Waals surface area contributed by atoms with Crippen molar-refractivity contribution < 1.29 is 14.2 Å². The van der Waals surface area contributed by atoms with Gasteiger partial charge in [-0.15, -0.1) is 0 Å². The summed E-state index contributed by atoms with van der Waals surface area (Å²) in [5.41, 5.74) is 7.14. The SMILES string of the molecule is COc1ccccc1C(N)COC1CCOCC1. The number of ether oxygens (including phenoxy) is 3. The zero-order valence-corrected chi connectivity index (χ0v) is 10.8. The Morgan fingerprint density at radius 1 is 1.33 bits per heavy atom. The molecule has 2 N–H and O–H groups in total. The fourth-order valence-corrected chi connectivity index (χ4v) is 2.14. The number of hydrogen-bond donors (Lipinski definition) is 1. The van der Waals surface area contributed by atoms with Crippen molar-refractivity contribution in [3.63, 3.8) is 0 Å². The van der Waals surface area contributed by atoms with Crippen LogP contribution in [0.1, 0.15) is 24.4 Å². The van der Waals surface area contributed by atoms with Gasteiger partial charge in [-0.25, -0.2) is 0 Å². The van der Waals surface area contributed by atoms with E-state index in [9.17, 15) is 0 Å². The van der Waals surface area contributed by atoms with Crippen molar-refractivity contribution in [2.45, 2.75) is 25.0 Å². The quantitative estimate of drug-likeness (QED) is 0.868. The minimum Gasteiger partial charge on any atom is -0.496 e. The van der Waals surface area contributed by atoms with Gasteiger partial charge >= 0.3 is 0 Å². The van der Waals surface area contributed by atoms with Crippen LogP contribution >= 0.6 is 0 Å². The second kappa shape index (κ2) is 6.73. The van der Waals surface area contributed by atoms with Gasteiger partial charge in [0.1, 0.15) is 5.75 Å². The predicted molar refractivity (Wildman–Crippen MR) is 69.7 cm³/mol. The number of benzene rings is 1. The summed E-state index contributed by atoms with van der Waals surface area (Å²) >= 11 is 0. The normalized spacial score (nSPS) is 18.6. The standard InChI is InChI=1S/C14H21NO3/c1-16-14-5-3-2-4-12(14)13(15)10-18-11-6-8-17-9-7-11/h2-5,11,13H,6-10,15H2,1H3. The van der Waals surface area contributed by atoms with Crippen molar-refractivity contribution in [2.75, 3.05) is 26.9 Å². The van der Waals surface area contributed by atoms with Crippen LogP contribution in [0.15, 0.2) is 24.3 Å². The third kappa shape index (κ3) is 3.45. The molecule has 4 nitrogen and oxygen atoms in total. The average molecular weight is 251 g/mol. The van der Waals surface area contributed by atoms with Crippen LogP contribution in [0.5, 0.6) is 5.75 Å². The summed E-state index contributed by atoms with van der Waals surface area (Å²) in [6.45, 7) is 2.09. The van der Waals surface area contributed by atoms with Crippen LogP contribution in [0.2, 0.25) is 0 Å². The lowest BCUT2D eigenvalue weighted by Crippen LogP contribution is -2.27.